The van der Waals surface area contributed by atoms with Crippen molar-refractivity contribution in [1.82, 2.24) is 4.90 Å². The molecule has 1 aromatic carbocycles. The highest BCUT2D eigenvalue weighted by Gasteiger charge is 2.34. The lowest BCUT2D eigenvalue weighted by Gasteiger charge is -2.45. The third-order valence-electron chi connectivity index (χ3n) is 3.93. The van der Waals surface area contributed by atoms with Gasteiger partial charge in [-0.1, -0.05) is 15.9 Å². The predicted octanol–water partition coefficient (Wildman–Crippen LogP) is 3.72. The molecule has 1 unspecified atom stereocenters. The summed E-state index contributed by atoms with van der Waals surface area (Å²) in [4.78, 5) is 2.57. The summed E-state index contributed by atoms with van der Waals surface area (Å²) in [5, 5.41) is 3.70. The highest BCUT2D eigenvalue weighted by molar-refractivity contribution is 9.11. The highest BCUT2D eigenvalue weighted by Crippen LogP contribution is 2.33. The molecule has 1 aromatic rings. The molecule has 0 aliphatic carbocycles. The van der Waals surface area contributed by atoms with E-state index in [9.17, 15) is 0 Å². The summed E-state index contributed by atoms with van der Waals surface area (Å²) < 4.78 is 2.28. The molecule has 17 heavy (non-hydrogen) atoms. The smallest absolute Gasteiger partial charge is 0.0498 e. The molecule has 0 spiro atoms. The van der Waals surface area contributed by atoms with E-state index in [4.69, 9.17) is 0 Å². The summed E-state index contributed by atoms with van der Waals surface area (Å²) >= 11 is 7.14. The maximum atomic E-state index is 3.70. The maximum Gasteiger partial charge on any atom is 0.0498 e. The number of fused-ring (bicyclic) bond motifs is 3. The van der Waals surface area contributed by atoms with E-state index in [1.54, 1.807) is 0 Å². The fraction of sp³-hybridized carbons (Fsp3) is 0.538. The van der Waals surface area contributed by atoms with Crippen LogP contribution >= 0.6 is 31.9 Å². The first-order valence-corrected chi connectivity index (χ1v) is 7.75. The van der Waals surface area contributed by atoms with E-state index in [1.807, 2.05) is 0 Å². The van der Waals surface area contributed by atoms with Crippen LogP contribution in [0.3, 0.4) is 0 Å². The van der Waals surface area contributed by atoms with E-state index in [1.165, 1.54) is 38.2 Å². The standard InChI is InChI=1S/C13H16Br2N2/c14-10-1-2-11(15)12(7-10)16-13-8-17-5-3-9(13)4-6-17/h1-2,7,9,13,16H,3-6,8H2. The van der Waals surface area contributed by atoms with Crippen LogP contribution in [0.4, 0.5) is 5.69 Å². The fourth-order valence-corrected chi connectivity index (χ4v) is 3.66. The van der Waals surface area contributed by atoms with Gasteiger partial charge in [-0.25, -0.2) is 0 Å². The van der Waals surface area contributed by atoms with Crippen LogP contribution in [0.5, 0.6) is 0 Å². The van der Waals surface area contributed by atoms with Gasteiger partial charge in [0, 0.05) is 27.2 Å². The van der Waals surface area contributed by atoms with Crippen LogP contribution in [0.2, 0.25) is 0 Å². The summed E-state index contributed by atoms with van der Waals surface area (Å²) in [6, 6.07) is 6.92. The van der Waals surface area contributed by atoms with E-state index in [0.29, 0.717) is 6.04 Å². The van der Waals surface area contributed by atoms with Gasteiger partial charge in [-0.2, -0.15) is 0 Å². The average molecular weight is 360 g/mol. The Hall–Kier alpha value is -0.0600. The molecule has 3 heterocycles. The zero-order chi connectivity index (χ0) is 11.8. The Kier molecular flexibility index (Phi) is 3.46. The van der Waals surface area contributed by atoms with Crippen LogP contribution in [-0.4, -0.2) is 30.6 Å². The number of hydrogen-bond donors (Lipinski definition) is 1. The molecule has 1 atom stereocenters. The van der Waals surface area contributed by atoms with Crippen molar-refractivity contribution in [2.24, 2.45) is 5.92 Å². The molecule has 4 heteroatoms. The SMILES string of the molecule is Brc1ccc(Br)c(NC2CN3CCC2CC3)c1. The molecule has 1 N–H and O–H groups in total. The quantitative estimate of drug-likeness (QED) is 0.865. The van der Waals surface area contributed by atoms with Crippen molar-refractivity contribution in [3.05, 3.63) is 27.1 Å². The van der Waals surface area contributed by atoms with Crippen LogP contribution in [0, 0.1) is 5.92 Å². The Morgan fingerprint density at radius 1 is 1.18 bits per heavy atom. The third kappa shape index (κ3) is 2.54. The lowest BCUT2D eigenvalue weighted by atomic mass is 9.84. The largest absolute Gasteiger partial charge is 0.380 e. The van der Waals surface area contributed by atoms with E-state index in [2.05, 4.69) is 60.3 Å². The van der Waals surface area contributed by atoms with E-state index < -0.39 is 0 Å². The summed E-state index contributed by atoms with van der Waals surface area (Å²) in [6.45, 7) is 3.79. The van der Waals surface area contributed by atoms with E-state index >= 15 is 0 Å². The Bertz CT molecular complexity index is 414. The van der Waals surface area contributed by atoms with Crippen molar-refractivity contribution >= 4 is 37.5 Å². The van der Waals surface area contributed by atoms with Crippen LogP contribution < -0.4 is 5.32 Å². The van der Waals surface area contributed by atoms with Gasteiger partial charge < -0.3 is 10.2 Å². The number of hydrogen-bond acceptors (Lipinski definition) is 2. The molecule has 0 saturated carbocycles. The number of benzene rings is 1. The van der Waals surface area contributed by atoms with Crippen molar-refractivity contribution in [3.63, 3.8) is 0 Å². The predicted molar refractivity (Wildman–Crippen MR) is 78.4 cm³/mol. The summed E-state index contributed by atoms with van der Waals surface area (Å²) in [7, 11) is 0. The second-order valence-electron chi connectivity index (χ2n) is 5.01. The van der Waals surface area contributed by atoms with E-state index in [-0.39, 0.29) is 0 Å². The van der Waals surface area contributed by atoms with Gasteiger partial charge in [-0.05, 0) is 66.0 Å². The number of nitrogens with one attached hydrogen (secondary N) is 1. The van der Waals surface area contributed by atoms with Crippen molar-refractivity contribution < 1.29 is 0 Å². The first-order chi connectivity index (χ1) is 8.22. The minimum absolute atomic E-state index is 0.614. The molecule has 2 bridgehead atoms. The normalized spacial score (nSPS) is 31.5. The van der Waals surface area contributed by atoms with Crippen LogP contribution in [0.25, 0.3) is 0 Å². The Morgan fingerprint density at radius 2 is 1.94 bits per heavy atom. The zero-order valence-corrected chi connectivity index (χ0v) is 12.8. The molecule has 2 nitrogen and oxygen atoms in total. The molecule has 0 amide bonds. The number of piperidine rings is 3. The van der Waals surface area contributed by atoms with Gasteiger partial charge >= 0.3 is 0 Å². The van der Waals surface area contributed by atoms with Crippen LogP contribution in [0.1, 0.15) is 12.8 Å². The molecule has 92 valence electrons. The Balaban J connectivity index is 1.76. The second-order valence-corrected chi connectivity index (χ2v) is 6.78. The first kappa shape index (κ1) is 12.0. The topological polar surface area (TPSA) is 15.3 Å². The summed E-state index contributed by atoms with van der Waals surface area (Å²) in [5.74, 6) is 0.853. The number of halogens is 2. The van der Waals surface area contributed by atoms with Gasteiger partial charge in [0.15, 0.2) is 0 Å². The monoisotopic (exact) mass is 358 g/mol. The second kappa shape index (κ2) is 4.90. The van der Waals surface area contributed by atoms with Crippen molar-refractivity contribution in [3.8, 4) is 0 Å². The van der Waals surface area contributed by atoms with Crippen LogP contribution in [-0.2, 0) is 0 Å². The average Bonchev–Trinajstić information content (AvgIpc) is 2.35. The molecule has 3 saturated heterocycles. The Morgan fingerprint density at radius 3 is 2.59 bits per heavy atom. The molecule has 0 aromatic heterocycles. The molecule has 3 aliphatic heterocycles. The molecular weight excluding hydrogens is 344 g/mol. The number of nitrogens with zero attached hydrogens (tertiary/aromatic N) is 1. The number of anilines is 1. The minimum Gasteiger partial charge on any atom is -0.380 e. The summed E-state index contributed by atoms with van der Waals surface area (Å²) in [6.07, 6.45) is 2.70. The van der Waals surface area contributed by atoms with Crippen molar-refractivity contribution in [1.29, 1.82) is 0 Å². The molecule has 0 radical (unpaired) electrons. The van der Waals surface area contributed by atoms with Gasteiger partial charge in [0.25, 0.3) is 0 Å². The van der Waals surface area contributed by atoms with Gasteiger partial charge in [-0.15, -0.1) is 0 Å². The van der Waals surface area contributed by atoms with E-state index in [0.717, 1.165) is 14.9 Å². The lowest BCUT2D eigenvalue weighted by Crippen LogP contribution is -2.53. The van der Waals surface area contributed by atoms with Crippen LogP contribution in [0.15, 0.2) is 27.1 Å². The molecule has 4 rings (SSSR count). The van der Waals surface area contributed by atoms with Gasteiger partial charge in [0.2, 0.25) is 0 Å². The van der Waals surface area contributed by atoms with Gasteiger partial charge in [-0.3, -0.25) is 0 Å². The Labute approximate surface area is 119 Å². The fourth-order valence-electron chi connectivity index (χ4n) is 2.94. The first-order valence-electron chi connectivity index (χ1n) is 6.16. The molecule has 3 aliphatic rings. The van der Waals surface area contributed by atoms with Gasteiger partial charge in [0.1, 0.15) is 0 Å². The van der Waals surface area contributed by atoms with Crippen molar-refractivity contribution in [2.45, 2.75) is 18.9 Å². The zero-order valence-electron chi connectivity index (χ0n) is 9.63. The lowest BCUT2D eigenvalue weighted by molar-refractivity contribution is 0.0975. The highest BCUT2D eigenvalue weighted by atomic mass is 79.9. The summed E-state index contributed by atoms with van der Waals surface area (Å²) in [5.41, 5.74) is 1.21. The minimum atomic E-state index is 0.614. The molecule has 3 fully saturated rings. The molecular formula is C13H16Br2N2. The van der Waals surface area contributed by atoms with Gasteiger partial charge in [0.05, 0.1) is 0 Å². The van der Waals surface area contributed by atoms with Crippen molar-refractivity contribution in [2.75, 3.05) is 25.0 Å². The number of rotatable bonds is 2. The third-order valence-corrected chi connectivity index (χ3v) is 5.11. The maximum absolute atomic E-state index is 3.70.